The number of ether oxygens (including phenoxy) is 5. The first-order valence-electron chi connectivity index (χ1n) is 13.6. The summed E-state index contributed by atoms with van der Waals surface area (Å²) >= 11 is 0. The number of unbranched alkanes of at least 4 members (excludes halogenated alkanes) is 14. The highest BCUT2D eigenvalue weighted by Crippen LogP contribution is 2.13. The molecule has 6 heteroatoms. The van der Waals surface area contributed by atoms with Crippen molar-refractivity contribution in [3.05, 3.63) is 0 Å². The van der Waals surface area contributed by atoms with Gasteiger partial charge in [-0.3, -0.25) is 4.79 Å². The van der Waals surface area contributed by atoms with E-state index in [1.807, 2.05) is 0 Å². The first kappa shape index (κ1) is 32.3. The summed E-state index contributed by atoms with van der Waals surface area (Å²) in [4.78, 5) is 11.8. The number of methoxy groups -OCH3 is 2. The fraction of sp³-hybridized carbons (Fsp3) is 0.963. The first-order valence-corrected chi connectivity index (χ1v) is 13.6. The van der Waals surface area contributed by atoms with E-state index in [0.717, 1.165) is 12.8 Å². The van der Waals surface area contributed by atoms with E-state index >= 15 is 0 Å². The lowest BCUT2D eigenvalue weighted by atomic mass is 10.0. The van der Waals surface area contributed by atoms with Crippen LogP contribution in [0.1, 0.15) is 110 Å². The molecule has 0 fully saturated rings. The molecule has 1 unspecified atom stereocenters. The largest absolute Gasteiger partial charge is 0.463 e. The summed E-state index contributed by atoms with van der Waals surface area (Å²) in [6.07, 6.45) is 20.3. The van der Waals surface area contributed by atoms with Crippen LogP contribution in [0.15, 0.2) is 0 Å². The topological polar surface area (TPSA) is 63.2 Å². The molecule has 0 saturated carbocycles. The van der Waals surface area contributed by atoms with Gasteiger partial charge in [-0.2, -0.15) is 0 Å². The lowest BCUT2D eigenvalue weighted by Gasteiger charge is -2.14. The Morgan fingerprint density at radius 2 is 1.09 bits per heavy atom. The summed E-state index contributed by atoms with van der Waals surface area (Å²) in [7, 11) is 3.27. The van der Waals surface area contributed by atoms with Crippen molar-refractivity contribution in [3.8, 4) is 0 Å². The molecule has 198 valence electrons. The number of hydrogen-bond acceptors (Lipinski definition) is 6. The fourth-order valence-electron chi connectivity index (χ4n) is 3.73. The van der Waals surface area contributed by atoms with Crippen molar-refractivity contribution in [2.45, 2.75) is 116 Å². The second-order valence-electron chi connectivity index (χ2n) is 8.92. The maximum Gasteiger partial charge on any atom is 0.305 e. The highest BCUT2D eigenvalue weighted by atomic mass is 16.6. The third kappa shape index (κ3) is 25.8. The van der Waals surface area contributed by atoms with Gasteiger partial charge in [0.1, 0.15) is 12.7 Å². The minimum atomic E-state index is -0.118. The van der Waals surface area contributed by atoms with E-state index < -0.39 is 0 Å². The summed E-state index contributed by atoms with van der Waals surface area (Å²) in [5.74, 6) is -0.118. The molecule has 0 rings (SSSR count). The van der Waals surface area contributed by atoms with Crippen molar-refractivity contribution in [2.75, 3.05) is 53.9 Å². The van der Waals surface area contributed by atoms with Crippen molar-refractivity contribution in [1.29, 1.82) is 0 Å². The van der Waals surface area contributed by atoms with Crippen molar-refractivity contribution in [1.82, 2.24) is 0 Å². The van der Waals surface area contributed by atoms with Gasteiger partial charge in [-0.15, -0.1) is 0 Å². The predicted octanol–water partition coefficient (Wildman–Crippen LogP) is 6.49. The molecular weight excluding hydrogens is 420 g/mol. The van der Waals surface area contributed by atoms with E-state index in [4.69, 9.17) is 23.7 Å². The van der Waals surface area contributed by atoms with Gasteiger partial charge in [0, 0.05) is 20.6 Å². The van der Waals surface area contributed by atoms with Gasteiger partial charge in [0.2, 0.25) is 0 Å². The molecule has 0 aliphatic rings. The Labute approximate surface area is 204 Å². The van der Waals surface area contributed by atoms with Crippen LogP contribution in [0.25, 0.3) is 0 Å². The zero-order valence-corrected chi connectivity index (χ0v) is 22.1. The average molecular weight is 475 g/mol. The minimum Gasteiger partial charge on any atom is -0.463 e. The summed E-state index contributed by atoms with van der Waals surface area (Å²) < 4.78 is 26.3. The molecule has 0 N–H and O–H groups in total. The summed E-state index contributed by atoms with van der Waals surface area (Å²) in [5.41, 5.74) is 0. The lowest BCUT2D eigenvalue weighted by molar-refractivity contribution is -0.145. The SMILES string of the molecule is CCCCCCCCCCCCCCCCCC(=O)OCCOCCOCC(COC)OC. The summed E-state index contributed by atoms with van der Waals surface area (Å²) in [6.45, 7) is 4.92. The molecule has 33 heavy (non-hydrogen) atoms. The Morgan fingerprint density at radius 1 is 0.606 bits per heavy atom. The maximum absolute atomic E-state index is 11.8. The van der Waals surface area contributed by atoms with Gasteiger partial charge in [0.25, 0.3) is 0 Å². The highest BCUT2D eigenvalue weighted by Gasteiger charge is 2.06. The molecule has 0 aliphatic carbocycles. The van der Waals surface area contributed by atoms with Crippen molar-refractivity contribution < 1.29 is 28.5 Å². The third-order valence-corrected chi connectivity index (χ3v) is 5.84. The Balaban J connectivity index is 3.22. The van der Waals surface area contributed by atoms with Gasteiger partial charge in [-0.25, -0.2) is 0 Å². The second-order valence-corrected chi connectivity index (χ2v) is 8.92. The normalized spacial score (nSPS) is 12.2. The predicted molar refractivity (Wildman–Crippen MR) is 135 cm³/mol. The maximum atomic E-state index is 11.8. The van der Waals surface area contributed by atoms with Gasteiger partial charge in [0.15, 0.2) is 0 Å². The van der Waals surface area contributed by atoms with Crippen LogP contribution >= 0.6 is 0 Å². The number of carbonyl (C=O) groups is 1. The Bertz CT molecular complexity index is 391. The molecule has 6 nitrogen and oxygen atoms in total. The number of carbonyl (C=O) groups excluding carboxylic acids is 1. The van der Waals surface area contributed by atoms with E-state index in [9.17, 15) is 4.79 Å². The minimum absolute atomic E-state index is 0.0596. The van der Waals surface area contributed by atoms with Crippen molar-refractivity contribution in [2.24, 2.45) is 0 Å². The number of esters is 1. The molecule has 1 atom stereocenters. The van der Waals surface area contributed by atoms with Crippen LogP contribution in [0.4, 0.5) is 0 Å². The standard InChI is InChI=1S/C27H54O6/c1-4-5-6-7-8-9-10-11-12-13-14-15-16-17-18-19-27(28)33-23-22-31-20-21-32-25-26(30-3)24-29-2/h26H,4-25H2,1-3H3. The first-order chi connectivity index (χ1) is 16.2. The Kier molecular flexibility index (Phi) is 27.0. The molecule has 0 aromatic carbocycles. The smallest absolute Gasteiger partial charge is 0.305 e. The highest BCUT2D eigenvalue weighted by molar-refractivity contribution is 5.69. The van der Waals surface area contributed by atoms with Crippen molar-refractivity contribution in [3.63, 3.8) is 0 Å². The Hall–Kier alpha value is -0.690. The molecule has 0 aliphatic heterocycles. The molecule has 0 heterocycles. The van der Waals surface area contributed by atoms with Gasteiger partial charge in [-0.05, 0) is 6.42 Å². The van der Waals surface area contributed by atoms with Crippen LogP contribution in [0.5, 0.6) is 0 Å². The fourth-order valence-corrected chi connectivity index (χ4v) is 3.73. The zero-order valence-electron chi connectivity index (χ0n) is 22.1. The van der Waals surface area contributed by atoms with Crippen LogP contribution in [-0.2, 0) is 28.5 Å². The zero-order chi connectivity index (χ0) is 24.2. The molecule has 0 aromatic heterocycles. The van der Waals surface area contributed by atoms with E-state index in [1.54, 1.807) is 14.2 Å². The van der Waals surface area contributed by atoms with Crippen LogP contribution in [0.2, 0.25) is 0 Å². The molecule has 0 radical (unpaired) electrons. The van der Waals surface area contributed by atoms with Gasteiger partial charge >= 0.3 is 5.97 Å². The van der Waals surface area contributed by atoms with Crippen LogP contribution < -0.4 is 0 Å². The van der Waals surface area contributed by atoms with Crippen LogP contribution in [-0.4, -0.2) is 65.9 Å². The van der Waals surface area contributed by atoms with Crippen molar-refractivity contribution >= 4 is 5.97 Å². The number of rotatable bonds is 27. The second kappa shape index (κ2) is 27.6. The lowest BCUT2D eigenvalue weighted by Crippen LogP contribution is -2.24. The van der Waals surface area contributed by atoms with Gasteiger partial charge in [0.05, 0.1) is 33.0 Å². The van der Waals surface area contributed by atoms with E-state index in [2.05, 4.69) is 6.92 Å². The van der Waals surface area contributed by atoms with Crippen LogP contribution in [0, 0.1) is 0 Å². The third-order valence-electron chi connectivity index (χ3n) is 5.84. The molecule has 0 spiro atoms. The van der Waals surface area contributed by atoms with Gasteiger partial charge in [-0.1, -0.05) is 96.8 Å². The summed E-state index contributed by atoms with van der Waals surface area (Å²) in [6, 6.07) is 0. The molecule has 0 aromatic rings. The molecule has 0 saturated heterocycles. The quantitative estimate of drug-likeness (QED) is 0.100. The van der Waals surface area contributed by atoms with E-state index in [1.165, 1.54) is 83.5 Å². The average Bonchev–Trinajstić information content (AvgIpc) is 2.82. The molecular formula is C27H54O6. The monoisotopic (exact) mass is 474 g/mol. The Morgan fingerprint density at radius 3 is 1.61 bits per heavy atom. The molecule has 0 amide bonds. The molecule has 0 bridgehead atoms. The van der Waals surface area contributed by atoms with Gasteiger partial charge < -0.3 is 23.7 Å². The number of hydrogen-bond donors (Lipinski definition) is 0. The summed E-state index contributed by atoms with van der Waals surface area (Å²) in [5, 5.41) is 0. The van der Waals surface area contributed by atoms with E-state index in [-0.39, 0.29) is 12.1 Å². The van der Waals surface area contributed by atoms with Crippen LogP contribution in [0.3, 0.4) is 0 Å². The van der Waals surface area contributed by atoms with E-state index in [0.29, 0.717) is 46.1 Å².